The Morgan fingerprint density at radius 1 is 1.35 bits per heavy atom. The highest BCUT2D eigenvalue weighted by Gasteiger charge is 2.20. The number of rotatable bonds is 6. The Labute approximate surface area is 116 Å². The lowest BCUT2D eigenvalue weighted by Gasteiger charge is -2.08. The van der Waals surface area contributed by atoms with E-state index in [0.717, 1.165) is 6.07 Å². The van der Waals surface area contributed by atoms with Crippen LogP contribution in [0, 0.1) is 12.7 Å². The summed E-state index contributed by atoms with van der Waals surface area (Å²) >= 11 is 0. The second kappa shape index (κ2) is 6.78. The average Bonchev–Trinajstić information content (AvgIpc) is 2.36. The molecule has 0 unspecified atom stereocenters. The van der Waals surface area contributed by atoms with Gasteiger partial charge in [-0.05, 0) is 24.6 Å². The van der Waals surface area contributed by atoms with Crippen molar-refractivity contribution in [2.75, 3.05) is 20.3 Å². The number of carbonyl (C=O) groups excluding carboxylic acids is 1. The second-order valence-electron chi connectivity index (χ2n) is 4.13. The monoisotopic (exact) mass is 305 g/mol. The van der Waals surface area contributed by atoms with Crippen molar-refractivity contribution < 1.29 is 27.1 Å². The number of esters is 1. The Bertz CT molecular complexity index is 600. The number of halogens is 1. The number of ether oxygens (including phenoxy) is 2. The van der Waals surface area contributed by atoms with Crippen molar-refractivity contribution in [3.05, 3.63) is 29.1 Å². The van der Waals surface area contributed by atoms with Crippen LogP contribution < -0.4 is 5.14 Å². The van der Waals surface area contributed by atoms with Crippen LogP contribution in [0.5, 0.6) is 0 Å². The van der Waals surface area contributed by atoms with Crippen molar-refractivity contribution in [2.24, 2.45) is 5.14 Å². The minimum atomic E-state index is -4.24. The highest BCUT2D eigenvalue weighted by atomic mass is 32.2. The van der Waals surface area contributed by atoms with E-state index in [1.165, 1.54) is 20.1 Å². The number of hydrogen-bond donors (Lipinski definition) is 1. The lowest BCUT2D eigenvalue weighted by atomic mass is 10.1. The van der Waals surface area contributed by atoms with Gasteiger partial charge in [-0.3, -0.25) is 0 Å². The van der Waals surface area contributed by atoms with Gasteiger partial charge in [-0.1, -0.05) is 0 Å². The highest BCUT2D eigenvalue weighted by molar-refractivity contribution is 7.89. The molecule has 0 heterocycles. The number of hydrogen-bond acceptors (Lipinski definition) is 5. The van der Waals surface area contributed by atoms with Gasteiger partial charge in [0, 0.05) is 20.1 Å². The molecule has 0 spiro atoms. The fourth-order valence-electron chi connectivity index (χ4n) is 1.51. The molecule has 0 atom stereocenters. The van der Waals surface area contributed by atoms with Crippen LogP contribution in [0.15, 0.2) is 17.0 Å². The molecule has 0 aromatic heterocycles. The van der Waals surface area contributed by atoms with Crippen LogP contribution in [0.25, 0.3) is 0 Å². The maximum Gasteiger partial charge on any atom is 0.338 e. The molecule has 0 saturated heterocycles. The standard InChI is InChI=1S/C12H16FNO5S/c1-8-6-9(12(15)19-5-3-4-18-2)7-10(11(8)13)20(14,16)17/h6-7H,3-5H2,1-2H3,(H2,14,16,17). The van der Waals surface area contributed by atoms with Crippen molar-refractivity contribution in [1.29, 1.82) is 0 Å². The molecule has 1 aromatic rings. The summed E-state index contributed by atoms with van der Waals surface area (Å²) in [6, 6.07) is 2.08. The molecular formula is C12H16FNO5S. The van der Waals surface area contributed by atoms with Crippen LogP contribution in [-0.2, 0) is 19.5 Å². The average molecular weight is 305 g/mol. The van der Waals surface area contributed by atoms with E-state index < -0.39 is 26.7 Å². The summed E-state index contributed by atoms with van der Waals surface area (Å²) in [4.78, 5) is 11.0. The molecule has 0 aliphatic rings. The second-order valence-corrected chi connectivity index (χ2v) is 5.66. The first kappa shape index (κ1) is 16.5. The molecular weight excluding hydrogens is 289 g/mol. The van der Waals surface area contributed by atoms with Crippen LogP contribution in [0.3, 0.4) is 0 Å². The summed E-state index contributed by atoms with van der Waals surface area (Å²) in [5.41, 5.74) is -0.0642. The van der Waals surface area contributed by atoms with Crippen LogP contribution in [0.1, 0.15) is 22.3 Å². The molecule has 8 heteroatoms. The van der Waals surface area contributed by atoms with Gasteiger partial charge in [0.1, 0.15) is 10.7 Å². The van der Waals surface area contributed by atoms with E-state index in [1.807, 2.05) is 0 Å². The third-order valence-corrected chi connectivity index (χ3v) is 3.40. The lowest BCUT2D eigenvalue weighted by Crippen LogP contribution is -2.17. The van der Waals surface area contributed by atoms with E-state index in [9.17, 15) is 17.6 Å². The number of aryl methyl sites for hydroxylation is 1. The molecule has 1 aromatic carbocycles. The zero-order chi connectivity index (χ0) is 15.3. The van der Waals surface area contributed by atoms with Crippen LogP contribution in [0.4, 0.5) is 4.39 Å². The number of carbonyl (C=O) groups is 1. The Hall–Kier alpha value is -1.51. The molecule has 0 fully saturated rings. The van der Waals surface area contributed by atoms with E-state index in [4.69, 9.17) is 14.6 Å². The van der Waals surface area contributed by atoms with Gasteiger partial charge >= 0.3 is 5.97 Å². The number of primary sulfonamides is 1. The quantitative estimate of drug-likeness (QED) is 0.624. The van der Waals surface area contributed by atoms with Crippen molar-refractivity contribution in [3.8, 4) is 0 Å². The summed E-state index contributed by atoms with van der Waals surface area (Å²) in [6.45, 7) is 1.89. The summed E-state index contributed by atoms with van der Waals surface area (Å²) < 4.78 is 45.9. The summed E-state index contributed by atoms with van der Waals surface area (Å²) in [5, 5.41) is 4.90. The highest BCUT2D eigenvalue weighted by Crippen LogP contribution is 2.19. The van der Waals surface area contributed by atoms with E-state index in [-0.39, 0.29) is 17.7 Å². The lowest BCUT2D eigenvalue weighted by molar-refractivity contribution is 0.0468. The van der Waals surface area contributed by atoms with Gasteiger partial charge < -0.3 is 9.47 Å². The number of benzene rings is 1. The first-order chi connectivity index (χ1) is 9.27. The molecule has 2 N–H and O–H groups in total. The van der Waals surface area contributed by atoms with Crippen LogP contribution in [-0.4, -0.2) is 34.7 Å². The smallest absolute Gasteiger partial charge is 0.338 e. The van der Waals surface area contributed by atoms with E-state index in [2.05, 4.69) is 0 Å². The molecule has 1 rings (SSSR count). The third-order valence-electron chi connectivity index (χ3n) is 2.49. The number of nitrogens with two attached hydrogens (primary N) is 1. The van der Waals surface area contributed by atoms with Gasteiger partial charge in [-0.15, -0.1) is 0 Å². The Morgan fingerprint density at radius 2 is 2.00 bits per heavy atom. The van der Waals surface area contributed by atoms with Gasteiger partial charge in [0.15, 0.2) is 0 Å². The van der Waals surface area contributed by atoms with Gasteiger partial charge in [-0.2, -0.15) is 0 Å². The fraction of sp³-hybridized carbons (Fsp3) is 0.417. The maximum absolute atomic E-state index is 13.7. The molecule has 0 radical (unpaired) electrons. The Balaban J connectivity index is 2.97. The summed E-state index contributed by atoms with van der Waals surface area (Å²) in [5.74, 6) is -1.71. The first-order valence-corrected chi connectivity index (χ1v) is 7.31. The van der Waals surface area contributed by atoms with Crippen LogP contribution in [0.2, 0.25) is 0 Å². The largest absolute Gasteiger partial charge is 0.462 e. The maximum atomic E-state index is 13.7. The summed E-state index contributed by atoms with van der Waals surface area (Å²) in [6.07, 6.45) is 0.504. The van der Waals surface area contributed by atoms with Crippen molar-refractivity contribution in [1.82, 2.24) is 0 Å². The molecule has 112 valence electrons. The molecule has 0 amide bonds. The van der Waals surface area contributed by atoms with Crippen molar-refractivity contribution in [3.63, 3.8) is 0 Å². The Kier molecular flexibility index (Phi) is 5.61. The molecule has 6 nitrogen and oxygen atoms in total. The third kappa shape index (κ3) is 4.26. The molecule has 0 aliphatic heterocycles. The predicted molar refractivity (Wildman–Crippen MR) is 69.3 cm³/mol. The fourth-order valence-corrected chi connectivity index (χ4v) is 2.22. The Morgan fingerprint density at radius 3 is 2.55 bits per heavy atom. The molecule has 0 aliphatic carbocycles. The van der Waals surface area contributed by atoms with E-state index in [0.29, 0.717) is 13.0 Å². The summed E-state index contributed by atoms with van der Waals surface area (Å²) in [7, 11) is -2.73. The predicted octanol–water partition coefficient (Wildman–Crippen LogP) is 0.975. The number of methoxy groups -OCH3 is 1. The van der Waals surface area contributed by atoms with Gasteiger partial charge in [0.05, 0.1) is 12.2 Å². The zero-order valence-electron chi connectivity index (χ0n) is 11.2. The van der Waals surface area contributed by atoms with Gasteiger partial charge in [-0.25, -0.2) is 22.7 Å². The molecule has 20 heavy (non-hydrogen) atoms. The number of sulfonamides is 1. The van der Waals surface area contributed by atoms with Crippen molar-refractivity contribution >= 4 is 16.0 Å². The van der Waals surface area contributed by atoms with E-state index in [1.54, 1.807) is 0 Å². The minimum Gasteiger partial charge on any atom is -0.462 e. The molecule has 0 saturated carbocycles. The van der Waals surface area contributed by atoms with Crippen LogP contribution >= 0.6 is 0 Å². The van der Waals surface area contributed by atoms with Gasteiger partial charge in [0.25, 0.3) is 0 Å². The normalized spacial score (nSPS) is 11.4. The minimum absolute atomic E-state index is 0.000339. The van der Waals surface area contributed by atoms with Gasteiger partial charge in [0.2, 0.25) is 10.0 Å². The molecule has 0 bridgehead atoms. The first-order valence-electron chi connectivity index (χ1n) is 5.76. The topological polar surface area (TPSA) is 95.7 Å². The SMILES string of the molecule is COCCCOC(=O)c1cc(C)c(F)c(S(N)(=O)=O)c1. The van der Waals surface area contributed by atoms with Crippen molar-refractivity contribution in [2.45, 2.75) is 18.2 Å². The van der Waals surface area contributed by atoms with E-state index >= 15 is 0 Å². The zero-order valence-corrected chi connectivity index (χ0v) is 12.0.